The molecule has 0 amide bonds. The van der Waals surface area contributed by atoms with Gasteiger partial charge in [-0.15, -0.1) is 0 Å². The van der Waals surface area contributed by atoms with Gasteiger partial charge >= 0.3 is 7.60 Å². The molecule has 1 saturated heterocycles. The van der Waals surface area contributed by atoms with E-state index in [0.717, 1.165) is 25.7 Å². The van der Waals surface area contributed by atoms with E-state index in [9.17, 15) is 4.57 Å². The van der Waals surface area contributed by atoms with Crippen molar-refractivity contribution in [2.75, 3.05) is 0 Å². The SMILES string of the molecule is C=C(CCCCC)P1(=O)OC(C)C(C)O1. The maximum atomic E-state index is 12.2. The Morgan fingerprint density at radius 1 is 1.27 bits per heavy atom. The van der Waals surface area contributed by atoms with Gasteiger partial charge in [0.25, 0.3) is 0 Å². The van der Waals surface area contributed by atoms with Crippen molar-refractivity contribution in [1.29, 1.82) is 0 Å². The zero-order valence-electron chi connectivity index (χ0n) is 9.86. The van der Waals surface area contributed by atoms with E-state index in [4.69, 9.17) is 9.05 Å². The predicted molar refractivity (Wildman–Crippen MR) is 62.0 cm³/mol. The van der Waals surface area contributed by atoms with Crippen LogP contribution < -0.4 is 0 Å². The first-order valence-corrected chi connectivity index (χ1v) is 7.19. The Labute approximate surface area is 92.4 Å². The topological polar surface area (TPSA) is 35.5 Å². The standard InChI is InChI=1S/C11H21O3P/c1-5-6-7-8-9(2)15(12)13-10(3)11(4)14-15/h10-11H,2,5-8H2,1,3-4H3. The van der Waals surface area contributed by atoms with Crippen molar-refractivity contribution in [3.8, 4) is 0 Å². The van der Waals surface area contributed by atoms with Gasteiger partial charge in [0.15, 0.2) is 0 Å². The largest absolute Gasteiger partial charge is 0.357 e. The van der Waals surface area contributed by atoms with Gasteiger partial charge in [-0.25, -0.2) is 0 Å². The Balaban J connectivity index is 2.49. The van der Waals surface area contributed by atoms with Crippen LogP contribution in [0.5, 0.6) is 0 Å². The molecule has 0 aromatic heterocycles. The summed E-state index contributed by atoms with van der Waals surface area (Å²) < 4.78 is 23.0. The molecule has 0 radical (unpaired) electrons. The van der Waals surface area contributed by atoms with E-state index in [1.165, 1.54) is 0 Å². The molecular formula is C11H21O3P. The van der Waals surface area contributed by atoms with E-state index in [0.29, 0.717) is 5.31 Å². The molecule has 0 aromatic carbocycles. The highest BCUT2D eigenvalue weighted by Gasteiger charge is 2.41. The Kier molecular flexibility index (Phi) is 4.57. The second kappa shape index (κ2) is 5.29. The van der Waals surface area contributed by atoms with Crippen molar-refractivity contribution in [1.82, 2.24) is 0 Å². The number of hydrogen-bond acceptors (Lipinski definition) is 3. The number of hydrogen-bond donors (Lipinski definition) is 0. The minimum atomic E-state index is -3.01. The lowest BCUT2D eigenvalue weighted by atomic mass is 10.2. The third kappa shape index (κ3) is 3.17. The van der Waals surface area contributed by atoms with Crippen LogP contribution in [-0.4, -0.2) is 12.2 Å². The van der Waals surface area contributed by atoms with E-state index in [2.05, 4.69) is 13.5 Å². The summed E-state index contributed by atoms with van der Waals surface area (Å²) in [4.78, 5) is 0. The smallest absolute Gasteiger partial charge is 0.300 e. The summed E-state index contributed by atoms with van der Waals surface area (Å²) in [5.41, 5.74) is 0. The average Bonchev–Trinajstić information content (AvgIpc) is 2.42. The zero-order chi connectivity index (χ0) is 11.5. The van der Waals surface area contributed by atoms with Crippen LogP contribution in [0, 0.1) is 0 Å². The minimum absolute atomic E-state index is 0.0984. The molecule has 0 N–H and O–H groups in total. The lowest BCUT2D eigenvalue weighted by molar-refractivity contribution is 0.187. The fraction of sp³-hybridized carbons (Fsp3) is 0.818. The van der Waals surface area contributed by atoms with Gasteiger partial charge in [0.2, 0.25) is 0 Å². The van der Waals surface area contributed by atoms with Gasteiger partial charge < -0.3 is 0 Å². The van der Waals surface area contributed by atoms with Crippen molar-refractivity contribution in [2.45, 2.75) is 58.7 Å². The van der Waals surface area contributed by atoms with Gasteiger partial charge in [-0.05, 0) is 26.7 Å². The maximum absolute atomic E-state index is 12.2. The summed E-state index contributed by atoms with van der Waals surface area (Å²) in [6.45, 7) is 9.73. The number of allylic oxidation sites excluding steroid dienone is 1. The van der Waals surface area contributed by atoms with E-state index in [-0.39, 0.29) is 12.2 Å². The number of rotatable bonds is 5. The van der Waals surface area contributed by atoms with Crippen molar-refractivity contribution >= 4 is 7.60 Å². The van der Waals surface area contributed by atoms with E-state index < -0.39 is 7.60 Å². The molecular weight excluding hydrogens is 211 g/mol. The maximum Gasteiger partial charge on any atom is 0.357 e. The highest BCUT2D eigenvalue weighted by atomic mass is 31.2. The molecule has 3 nitrogen and oxygen atoms in total. The van der Waals surface area contributed by atoms with E-state index in [1.807, 2.05) is 13.8 Å². The van der Waals surface area contributed by atoms with Crippen molar-refractivity contribution < 1.29 is 13.6 Å². The first kappa shape index (κ1) is 13.0. The summed E-state index contributed by atoms with van der Waals surface area (Å²) in [6, 6.07) is 0. The lowest BCUT2D eigenvalue weighted by Gasteiger charge is -2.12. The van der Waals surface area contributed by atoms with Crippen LogP contribution in [-0.2, 0) is 13.6 Å². The highest BCUT2D eigenvalue weighted by molar-refractivity contribution is 7.58. The van der Waals surface area contributed by atoms with Gasteiger partial charge in [0.05, 0.1) is 12.2 Å². The Bertz CT molecular complexity index is 261. The molecule has 1 aliphatic heterocycles. The first-order valence-electron chi connectivity index (χ1n) is 5.64. The van der Waals surface area contributed by atoms with Gasteiger partial charge in [-0.1, -0.05) is 26.3 Å². The molecule has 4 heteroatoms. The van der Waals surface area contributed by atoms with Crippen LogP contribution in [0.4, 0.5) is 0 Å². The fourth-order valence-corrected chi connectivity index (χ4v) is 3.50. The first-order chi connectivity index (χ1) is 6.99. The normalized spacial score (nSPS) is 35.7. The molecule has 0 saturated carbocycles. The molecule has 15 heavy (non-hydrogen) atoms. The molecule has 88 valence electrons. The molecule has 2 unspecified atom stereocenters. The third-order valence-electron chi connectivity index (χ3n) is 2.73. The molecule has 0 aliphatic carbocycles. The lowest BCUT2D eigenvalue weighted by Crippen LogP contribution is -2.13. The molecule has 0 aromatic rings. The summed E-state index contributed by atoms with van der Waals surface area (Å²) in [6.07, 6.45) is 3.83. The summed E-state index contributed by atoms with van der Waals surface area (Å²) in [7, 11) is -3.01. The molecule has 2 atom stereocenters. The third-order valence-corrected chi connectivity index (χ3v) is 4.95. The Morgan fingerprint density at radius 2 is 1.80 bits per heavy atom. The summed E-state index contributed by atoms with van der Waals surface area (Å²) in [5.74, 6) is 0. The Morgan fingerprint density at radius 3 is 2.27 bits per heavy atom. The fourth-order valence-electron chi connectivity index (χ4n) is 1.50. The van der Waals surface area contributed by atoms with Crippen LogP contribution in [0.25, 0.3) is 0 Å². The predicted octanol–water partition coefficient (Wildman–Crippen LogP) is 4.10. The summed E-state index contributed by atoms with van der Waals surface area (Å²) >= 11 is 0. The van der Waals surface area contributed by atoms with E-state index >= 15 is 0 Å². The van der Waals surface area contributed by atoms with Gasteiger partial charge in [0.1, 0.15) is 0 Å². The van der Waals surface area contributed by atoms with E-state index in [1.54, 1.807) is 0 Å². The van der Waals surface area contributed by atoms with Crippen molar-refractivity contribution in [2.24, 2.45) is 0 Å². The van der Waals surface area contributed by atoms with Gasteiger partial charge in [0, 0.05) is 5.31 Å². The average molecular weight is 232 g/mol. The Hall–Kier alpha value is -0.110. The van der Waals surface area contributed by atoms with Crippen LogP contribution in [0.15, 0.2) is 11.9 Å². The van der Waals surface area contributed by atoms with Crippen molar-refractivity contribution in [3.63, 3.8) is 0 Å². The van der Waals surface area contributed by atoms with Crippen LogP contribution in [0.3, 0.4) is 0 Å². The second-order valence-corrected chi connectivity index (χ2v) is 6.19. The van der Waals surface area contributed by atoms with Crippen LogP contribution in [0.1, 0.15) is 46.5 Å². The summed E-state index contributed by atoms with van der Waals surface area (Å²) in [5, 5.41) is 0.632. The molecule has 0 bridgehead atoms. The van der Waals surface area contributed by atoms with Crippen LogP contribution in [0.2, 0.25) is 0 Å². The molecule has 1 heterocycles. The van der Waals surface area contributed by atoms with Crippen LogP contribution >= 0.6 is 7.60 Å². The minimum Gasteiger partial charge on any atom is -0.300 e. The second-order valence-electron chi connectivity index (χ2n) is 4.14. The number of unbranched alkanes of at least 4 members (excludes halogenated alkanes) is 2. The van der Waals surface area contributed by atoms with Crippen molar-refractivity contribution in [3.05, 3.63) is 11.9 Å². The highest BCUT2D eigenvalue weighted by Crippen LogP contribution is 2.63. The molecule has 0 spiro atoms. The molecule has 1 fully saturated rings. The van der Waals surface area contributed by atoms with Gasteiger partial charge in [-0.2, -0.15) is 0 Å². The quantitative estimate of drug-likeness (QED) is 0.529. The van der Waals surface area contributed by atoms with Gasteiger partial charge in [-0.3, -0.25) is 13.6 Å². The molecule has 1 rings (SSSR count). The zero-order valence-corrected chi connectivity index (χ0v) is 10.8. The monoisotopic (exact) mass is 232 g/mol. The molecule has 1 aliphatic rings.